The lowest BCUT2D eigenvalue weighted by molar-refractivity contribution is -0.134. The van der Waals surface area contributed by atoms with E-state index >= 15 is 0 Å². The second-order valence-corrected chi connectivity index (χ2v) is 8.14. The van der Waals surface area contributed by atoms with Gasteiger partial charge in [-0.1, -0.05) is 5.21 Å². The van der Waals surface area contributed by atoms with Crippen LogP contribution >= 0.6 is 0 Å². The van der Waals surface area contributed by atoms with Gasteiger partial charge in [0, 0.05) is 65.2 Å². The molecule has 4 aromatic rings. The molecule has 0 aliphatic carbocycles. The maximum atomic E-state index is 11.9. The molecule has 1 aliphatic heterocycles. The van der Waals surface area contributed by atoms with Crippen LogP contribution in [0.3, 0.4) is 0 Å². The van der Waals surface area contributed by atoms with Gasteiger partial charge in [0.1, 0.15) is 11.8 Å². The fraction of sp³-hybridized carbons (Fsp3) is 0.318. The largest absolute Gasteiger partial charge is 0.382 e. The molecule has 11 nitrogen and oxygen atoms in total. The molecule has 0 unspecified atom stereocenters. The number of hydrogen-bond acceptors (Lipinski definition) is 8. The van der Waals surface area contributed by atoms with Crippen molar-refractivity contribution in [3.63, 3.8) is 0 Å². The average Bonchev–Trinajstić information content (AvgIpc) is 3.44. The fourth-order valence-corrected chi connectivity index (χ4v) is 3.71. The molecule has 1 saturated heterocycles. The van der Waals surface area contributed by atoms with Gasteiger partial charge in [-0.05, 0) is 19.9 Å². The third-order valence-corrected chi connectivity index (χ3v) is 5.40. The van der Waals surface area contributed by atoms with Crippen molar-refractivity contribution < 1.29 is 8.91 Å². The lowest BCUT2D eigenvalue weighted by Crippen LogP contribution is -2.50. The van der Waals surface area contributed by atoms with E-state index in [0.717, 1.165) is 16.6 Å². The van der Waals surface area contributed by atoms with Crippen molar-refractivity contribution in [1.82, 2.24) is 39.6 Å². The number of nitriles is 1. The molecule has 4 aromatic heterocycles. The van der Waals surface area contributed by atoms with E-state index in [-0.39, 0.29) is 25.2 Å². The Bertz CT molecular complexity index is 1490. The Labute approximate surface area is 193 Å². The predicted octanol–water partition coefficient (Wildman–Crippen LogP) is 2.17. The van der Waals surface area contributed by atoms with E-state index in [1.807, 2.05) is 19.9 Å². The highest BCUT2D eigenvalue weighted by Crippen LogP contribution is 2.30. The van der Waals surface area contributed by atoms with Gasteiger partial charge in [-0.15, -0.1) is 5.10 Å². The number of amides is 1. The third kappa shape index (κ3) is 3.76. The Morgan fingerprint density at radius 2 is 2.12 bits per heavy atom. The van der Waals surface area contributed by atoms with E-state index in [4.69, 9.17) is 9.37 Å². The molecule has 1 aliphatic rings. The lowest BCUT2D eigenvalue weighted by atomic mass is 10.1. The van der Waals surface area contributed by atoms with Crippen molar-refractivity contribution in [2.45, 2.75) is 32.8 Å². The predicted molar refractivity (Wildman–Crippen MR) is 120 cm³/mol. The zero-order chi connectivity index (χ0) is 25.6. The lowest BCUT2D eigenvalue weighted by Gasteiger charge is -2.38. The Hall–Kier alpha value is -4.33. The van der Waals surface area contributed by atoms with Crippen molar-refractivity contribution in [3.05, 3.63) is 42.5 Å². The molecule has 166 valence electrons. The molecular formula is C22H22N10O. The third-order valence-electron chi connectivity index (χ3n) is 5.40. The van der Waals surface area contributed by atoms with Crippen LogP contribution in [0.1, 0.15) is 36.4 Å². The number of carbonyl (C=O) groups excluding carboxylic acids is 1. The highest BCUT2D eigenvalue weighted by Gasteiger charge is 2.31. The van der Waals surface area contributed by atoms with Crippen molar-refractivity contribution in [3.8, 4) is 23.1 Å². The SMILES string of the molecule is [2H]C([2H])([2H])C(=O)N1CC(n2cc(-c3cnc(-n4ncc5cc(C#N)cnc54)cc3NC(C)C)nn2)C1. The molecule has 1 fully saturated rings. The van der Waals surface area contributed by atoms with Crippen molar-refractivity contribution in [2.24, 2.45) is 0 Å². The van der Waals surface area contributed by atoms with Crippen LogP contribution < -0.4 is 5.32 Å². The van der Waals surface area contributed by atoms with Crippen LogP contribution in [0.25, 0.3) is 28.1 Å². The molecule has 11 heteroatoms. The van der Waals surface area contributed by atoms with E-state index in [2.05, 4.69) is 36.8 Å². The standard InChI is InChI=1S/C22H22N10O/c1-13(2)27-19-5-21(32-22-16(8-26-32)4-15(6-23)7-25-22)24-9-18(19)20-12-31(29-28-20)17-10-30(11-17)14(3)33/h4-5,7-9,12-13,17H,10-11H2,1-3H3,(H,24,27)/i3D3. The second kappa shape index (κ2) is 7.98. The van der Waals surface area contributed by atoms with Crippen LogP contribution in [0, 0.1) is 11.3 Å². The summed E-state index contributed by atoms with van der Waals surface area (Å²) in [5, 5.41) is 26.1. The normalized spacial score (nSPS) is 15.6. The van der Waals surface area contributed by atoms with Gasteiger partial charge in [0.05, 0.1) is 24.0 Å². The number of nitrogens with zero attached hydrogens (tertiary/aromatic N) is 9. The summed E-state index contributed by atoms with van der Waals surface area (Å²) in [5.74, 6) is -0.314. The molecule has 0 radical (unpaired) electrons. The first kappa shape index (κ1) is 17.3. The van der Waals surface area contributed by atoms with E-state index in [9.17, 15) is 4.79 Å². The first-order valence-corrected chi connectivity index (χ1v) is 10.4. The first-order valence-electron chi connectivity index (χ1n) is 11.9. The van der Waals surface area contributed by atoms with Gasteiger partial charge in [0.2, 0.25) is 5.91 Å². The molecule has 0 saturated carbocycles. The summed E-state index contributed by atoms with van der Waals surface area (Å²) in [6, 6.07) is 5.61. The van der Waals surface area contributed by atoms with Gasteiger partial charge in [0.15, 0.2) is 11.5 Å². The van der Waals surface area contributed by atoms with Gasteiger partial charge < -0.3 is 10.2 Å². The van der Waals surface area contributed by atoms with Crippen LogP contribution in [0.15, 0.2) is 36.9 Å². The summed E-state index contributed by atoms with van der Waals surface area (Å²) in [6.07, 6.45) is 6.57. The van der Waals surface area contributed by atoms with Crippen LogP contribution in [0.5, 0.6) is 0 Å². The number of anilines is 1. The van der Waals surface area contributed by atoms with Crippen LogP contribution in [0.4, 0.5) is 5.69 Å². The molecule has 1 amide bonds. The van der Waals surface area contributed by atoms with E-state index < -0.39 is 12.8 Å². The number of rotatable bonds is 5. The molecule has 0 bridgehead atoms. The Morgan fingerprint density at radius 3 is 2.88 bits per heavy atom. The van der Waals surface area contributed by atoms with Crippen molar-refractivity contribution in [1.29, 1.82) is 5.26 Å². The van der Waals surface area contributed by atoms with Gasteiger partial charge in [-0.3, -0.25) is 4.79 Å². The number of nitrogens with one attached hydrogen (secondary N) is 1. The summed E-state index contributed by atoms with van der Waals surface area (Å²) in [4.78, 5) is 22.1. The van der Waals surface area contributed by atoms with Gasteiger partial charge >= 0.3 is 0 Å². The molecular weight excluding hydrogens is 420 g/mol. The second-order valence-electron chi connectivity index (χ2n) is 8.14. The minimum Gasteiger partial charge on any atom is -0.382 e. The van der Waals surface area contributed by atoms with Gasteiger partial charge in [-0.25, -0.2) is 14.6 Å². The number of pyridine rings is 2. The molecule has 5 heterocycles. The van der Waals surface area contributed by atoms with Gasteiger partial charge in [0.25, 0.3) is 0 Å². The van der Waals surface area contributed by atoms with E-state index in [0.29, 0.717) is 22.7 Å². The molecule has 33 heavy (non-hydrogen) atoms. The summed E-state index contributed by atoms with van der Waals surface area (Å²) in [5.41, 5.74) is 3.11. The summed E-state index contributed by atoms with van der Waals surface area (Å²) >= 11 is 0. The van der Waals surface area contributed by atoms with E-state index in [1.54, 1.807) is 34.0 Å². The molecule has 0 aromatic carbocycles. The maximum Gasteiger partial charge on any atom is 0.219 e. The minimum absolute atomic E-state index is 0.116. The maximum absolute atomic E-state index is 11.9. The molecule has 5 rings (SSSR count). The summed E-state index contributed by atoms with van der Waals surface area (Å²) < 4.78 is 25.1. The number of hydrogen-bond donors (Lipinski definition) is 1. The monoisotopic (exact) mass is 445 g/mol. The van der Waals surface area contributed by atoms with Gasteiger partial charge in [-0.2, -0.15) is 15.0 Å². The zero-order valence-corrected chi connectivity index (χ0v) is 18.0. The summed E-state index contributed by atoms with van der Waals surface area (Å²) in [6.45, 7) is 1.92. The number of likely N-dealkylation sites (tertiary alicyclic amines) is 1. The highest BCUT2D eigenvalue weighted by molar-refractivity contribution is 5.79. The smallest absolute Gasteiger partial charge is 0.219 e. The number of carbonyl (C=O) groups is 1. The average molecular weight is 446 g/mol. The Balaban J connectivity index is 1.43. The first-order chi connectivity index (χ1) is 17.1. The molecule has 1 N–H and O–H groups in total. The summed E-state index contributed by atoms with van der Waals surface area (Å²) in [7, 11) is 0. The molecule has 0 atom stereocenters. The topological polar surface area (TPSA) is 130 Å². The fourth-order valence-electron chi connectivity index (χ4n) is 3.71. The Kier molecular flexibility index (Phi) is 4.17. The zero-order valence-electron chi connectivity index (χ0n) is 21.0. The van der Waals surface area contributed by atoms with Crippen molar-refractivity contribution >= 4 is 22.6 Å². The number of aromatic nitrogens is 7. The van der Waals surface area contributed by atoms with Crippen molar-refractivity contribution in [2.75, 3.05) is 18.4 Å². The Morgan fingerprint density at radius 1 is 1.27 bits per heavy atom. The quantitative estimate of drug-likeness (QED) is 0.495. The van der Waals surface area contributed by atoms with Crippen LogP contribution in [0.2, 0.25) is 0 Å². The minimum atomic E-state index is -2.64. The van der Waals surface area contributed by atoms with Crippen LogP contribution in [-0.2, 0) is 4.79 Å². The van der Waals surface area contributed by atoms with E-state index in [1.165, 1.54) is 11.1 Å². The molecule has 0 spiro atoms. The van der Waals surface area contributed by atoms with Crippen LogP contribution in [-0.4, -0.2) is 64.7 Å². The number of fused-ring (bicyclic) bond motifs is 1. The highest BCUT2D eigenvalue weighted by atomic mass is 16.2.